The Hall–Kier alpha value is -1.53. The van der Waals surface area contributed by atoms with Crippen molar-refractivity contribution < 1.29 is 4.79 Å². The first-order chi connectivity index (χ1) is 8.22. The minimum absolute atomic E-state index is 0.0846. The van der Waals surface area contributed by atoms with Crippen molar-refractivity contribution >= 4 is 33.4 Å². The van der Waals surface area contributed by atoms with Gasteiger partial charge in [0.2, 0.25) is 0 Å². The SMILES string of the molecule is Cc1ncc(C(=O)Cc2cn3ccsc3n2)s1. The molecule has 0 aliphatic carbocycles. The maximum atomic E-state index is 12.0. The molecule has 3 heterocycles. The summed E-state index contributed by atoms with van der Waals surface area (Å²) in [5.74, 6) is 0.0846. The number of carbonyl (C=O) groups excluding carboxylic acids is 1. The monoisotopic (exact) mass is 263 g/mol. The Morgan fingerprint density at radius 1 is 1.53 bits per heavy atom. The van der Waals surface area contributed by atoms with Gasteiger partial charge in [-0.3, -0.25) is 9.20 Å². The van der Waals surface area contributed by atoms with Gasteiger partial charge in [-0.1, -0.05) is 0 Å². The van der Waals surface area contributed by atoms with Gasteiger partial charge in [0.05, 0.1) is 22.0 Å². The molecular formula is C11H9N3OS2. The number of thiazole rings is 2. The lowest BCUT2D eigenvalue weighted by molar-refractivity contribution is 0.0996. The molecule has 0 radical (unpaired) electrons. The van der Waals surface area contributed by atoms with E-state index in [0.29, 0.717) is 11.3 Å². The van der Waals surface area contributed by atoms with Crippen LogP contribution in [0.25, 0.3) is 4.96 Å². The molecule has 86 valence electrons. The molecule has 17 heavy (non-hydrogen) atoms. The number of ketones is 1. The van der Waals surface area contributed by atoms with E-state index in [-0.39, 0.29) is 5.78 Å². The molecule has 0 aliphatic heterocycles. The van der Waals surface area contributed by atoms with Crippen molar-refractivity contribution in [1.82, 2.24) is 14.4 Å². The first-order valence-electron chi connectivity index (χ1n) is 5.09. The number of aryl methyl sites for hydroxylation is 1. The van der Waals surface area contributed by atoms with Gasteiger partial charge in [0.25, 0.3) is 0 Å². The summed E-state index contributed by atoms with van der Waals surface area (Å²) in [5, 5.41) is 2.89. The number of aromatic nitrogens is 3. The van der Waals surface area contributed by atoms with E-state index in [2.05, 4.69) is 9.97 Å². The fourth-order valence-corrected chi connectivity index (χ4v) is 3.04. The smallest absolute Gasteiger partial charge is 0.193 e. The minimum Gasteiger partial charge on any atom is -0.297 e. The Bertz CT molecular complexity index is 651. The van der Waals surface area contributed by atoms with Gasteiger partial charge in [-0.25, -0.2) is 9.97 Å². The topological polar surface area (TPSA) is 47.3 Å². The molecule has 0 unspecified atom stereocenters. The number of fused-ring (bicyclic) bond motifs is 1. The average molecular weight is 263 g/mol. The second kappa shape index (κ2) is 4.05. The first kappa shape index (κ1) is 10.6. The molecular weight excluding hydrogens is 254 g/mol. The second-order valence-electron chi connectivity index (χ2n) is 3.67. The maximum Gasteiger partial charge on any atom is 0.193 e. The van der Waals surface area contributed by atoms with Gasteiger partial charge in [-0.2, -0.15) is 0 Å². The van der Waals surface area contributed by atoms with Crippen LogP contribution in [-0.2, 0) is 6.42 Å². The number of carbonyl (C=O) groups is 1. The molecule has 0 amide bonds. The molecule has 0 aromatic carbocycles. The van der Waals surface area contributed by atoms with Gasteiger partial charge in [0, 0.05) is 24.0 Å². The molecule has 3 rings (SSSR count). The molecule has 0 fully saturated rings. The summed E-state index contributed by atoms with van der Waals surface area (Å²) in [7, 11) is 0. The highest BCUT2D eigenvalue weighted by atomic mass is 32.1. The normalized spacial score (nSPS) is 11.1. The highest BCUT2D eigenvalue weighted by Crippen LogP contribution is 2.16. The predicted octanol–water partition coefficient (Wildman–Crippen LogP) is 2.59. The summed E-state index contributed by atoms with van der Waals surface area (Å²) in [6.07, 6.45) is 5.83. The molecule has 0 aliphatic rings. The second-order valence-corrected chi connectivity index (χ2v) is 5.78. The van der Waals surface area contributed by atoms with Crippen LogP contribution in [0.3, 0.4) is 0 Å². The Morgan fingerprint density at radius 2 is 2.41 bits per heavy atom. The van der Waals surface area contributed by atoms with E-state index in [4.69, 9.17) is 0 Å². The van der Waals surface area contributed by atoms with Crippen LogP contribution in [0.1, 0.15) is 20.4 Å². The Kier molecular flexibility index (Phi) is 2.53. The van der Waals surface area contributed by atoms with Crippen molar-refractivity contribution in [2.45, 2.75) is 13.3 Å². The van der Waals surface area contributed by atoms with Crippen LogP contribution in [-0.4, -0.2) is 20.2 Å². The van der Waals surface area contributed by atoms with Gasteiger partial charge in [-0.15, -0.1) is 22.7 Å². The van der Waals surface area contributed by atoms with E-state index in [1.165, 1.54) is 11.3 Å². The Balaban J connectivity index is 1.83. The van der Waals surface area contributed by atoms with Gasteiger partial charge in [0.1, 0.15) is 0 Å². The van der Waals surface area contributed by atoms with Crippen LogP contribution in [0.5, 0.6) is 0 Å². The zero-order valence-corrected chi connectivity index (χ0v) is 10.7. The fourth-order valence-electron chi connectivity index (χ4n) is 1.60. The van der Waals surface area contributed by atoms with E-state index >= 15 is 0 Å². The van der Waals surface area contributed by atoms with Crippen LogP contribution < -0.4 is 0 Å². The lowest BCUT2D eigenvalue weighted by Gasteiger charge is -1.92. The quantitative estimate of drug-likeness (QED) is 0.682. The molecule has 0 bridgehead atoms. The predicted molar refractivity (Wildman–Crippen MR) is 68.0 cm³/mol. The lowest BCUT2D eigenvalue weighted by Crippen LogP contribution is -2.01. The third-order valence-electron chi connectivity index (χ3n) is 2.38. The van der Waals surface area contributed by atoms with Crippen molar-refractivity contribution in [1.29, 1.82) is 0 Å². The number of hydrogen-bond donors (Lipinski definition) is 0. The van der Waals surface area contributed by atoms with Crippen molar-refractivity contribution in [3.8, 4) is 0 Å². The van der Waals surface area contributed by atoms with Crippen LogP contribution in [0, 0.1) is 6.92 Å². The molecule has 6 heteroatoms. The summed E-state index contributed by atoms with van der Waals surface area (Å²) in [4.78, 5) is 22.1. The van der Waals surface area contributed by atoms with Crippen LogP contribution in [0.2, 0.25) is 0 Å². The molecule has 0 saturated carbocycles. The van der Waals surface area contributed by atoms with Gasteiger partial charge in [0.15, 0.2) is 10.7 Å². The fraction of sp³-hybridized carbons (Fsp3) is 0.182. The highest BCUT2D eigenvalue weighted by Gasteiger charge is 2.12. The minimum atomic E-state index is 0.0846. The Labute approximate surface area is 106 Å². The van der Waals surface area contributed by atoms with Crippen LogP contribution in [0.4, 0.5) is 0 Å². The summed E-state index contributed by atoms with van der Waals surface area (Å²) in [5.41, 5.74) is 0.813. The van der Waals surface area contributed by atoms with Crippen molar-refractivity contribution in [2.24, 2.45) is 0 Å². The van der Waals surface area contributed by atoms with Crippen LogP contribution in [0.15, 0.2) is 24.0 Å². The first-order valence-corrected chi connectivity index (χ1v) is 6.79. The largest absolute Gasteiger partial charge is 0.297 e. The average Bonchev–Trinajstić information content (AvgIpc) is 2.92. The molecule has 0 atom stereocenters. The number of imidazole rings is 1. The third-order valence-corrected chi connectivity index (χ3v) is 4.11. The summed E-state index contributed by atoms with van der Waals surface area (Å²) in [6, 6.07) is 0. The Morgan fingerprint density at radius 3 is 3.12 bits per heavy atom. The van der Waals surface area contributed by atoms with E-state index < -0.39 is 0 Å². The number of rotatable bonds is 3. The van der Waals surface area contributed by atoms with E-state index in [9.17, 15) is 4.79 Å². The molecule has 0 spiro atoms. The van der Waals surface area contributed by atoms with Gasteiger partial charge >= 0.3 is 0 Å². The number of hydrogen-bond acceptors (Lipinski definition) is 5. The summed E-state index contributed by atoms with van der Waals surface area (Å²) in [6.45, 7) is 1.90. The molecule has 4 nitrogen and oxygen atoms in total. The van der Waals surface area contributed by atoms with Crippen LogP contribution >= 0.6 is 22.7 Å². The number of nitrogens with zero attached hydrogens (tertiary/aromatic N) is 3. The number of Topliss-reactive ketones (excluding diaryl/α,β-unsaturated/α-hetero) is 1. The molecule has 3 aromatic rings. The summed E-state index contributed by atoms with van der Waals surface area (Å²) >= 11 is 3.00. The highest BCUT2D eigenvalue weighted by molar-refractivity contribution is 7.15. The third kappa shape index (κ3) is 2.01. The zero-order valence-electron chi connectivity index (χ0n) is 9.08. The maximum absolute atomic E-state index is 12.0. The molecule has 0 saturated heterocycles. The van der Waals surface area contributed by atoms with Gasteiger partial charge < -0.3 is 0 Å². The van der Waals surface area contributed by atoms with E-state index in [0.717, 1.165) is 15.7 Å². The lowest BCUT2D eigenvalue weighted by atomic mass is 10.2. The van der Waals surface area contributed by atoms with Crippen molar-refractivity contribution in [3.05, 3.63) is 39.5 Å². The zero-order chi connectivity index (χ0) is 11.8. The van der Waals surface area contributed by atoms with E-state index in [1.807, 2.05) is 29.1 Å². The van der Waals surface area contributed by atoms with Crippen molar-refractivity contribution in [3.63, 3.8) is 0 Å². The standard InChI is InChI=1S/C11H9N3OS2/c1-7-12-5-10(17-7)9(15)4-8-6-14-2-3-16-11(14)13-8/h2-3,5-6H,4H2,1H3. The molecule has 3 aromatic heterocycles. The van der Waals surface area contributed by atoms with Crippen molar-refractivity contribution in [2.75, 3.05) is 0 Å². The molecule has 0 N–H and O–H groups in total. The van der Waals surface area contributed by atoms with Gasteiger partial charge in [-0.05, 0) is 6.92 Å². The summed E-state index contributed by atoms with van der Waals surface area (Å²) < 4.78 is 1.94. The van der Waals surface area contributed by atoms with E-state index in [1.54, 1.807) is 17.5 Å².